The van der Waals surface area contributed by atoms with Gasteiger partial charge in [0.15, 0.2) is 0 Å². The summed E-state index contributed by atoms with van der Waals surface area (Å²) in [6.45, 7) is 2.30. The van der Waals surface area contributed by atoms with Gasteiger partial charge in [-0.05, 0) is 36.8 Å². The molecule has 2 amide bonds. The summed E-state index contributed by atoms with van der Waals surface area (Å²) in [5, 5.41) is 7.46. The highest BCUT2D eigenvalue weighted by Crippen LogP contribution is 2.29. The van der Waals surface area contributed by atoms with E-state index in [4.69, 9.17) is 16.2 Å². The highest BCUT2D eigenvalue weighted by molar-refractivity contribution is 6.03. The topological polar surface area (TPSA) is 125 Å². The largest absolute Gasteiger partial charge is 0.496 e. The van der Waals surface area contributed by atoms with Crippen LogP contribution >= 0.6 is 0 Å². The third-order valence-corrected chi connectivity index (χ3v) is 5.48. The van der Waals surface area contributed by atoms with Crippen molar-refractivity contribution in [1.82, 2.24) is 15.1 Å². The summed E-state index contributed by atoms with van der Waals surface area (Å²) in [6.07, 6.45) is 0. The number of ether oxygens (including phenoxy) is 1. The number of aryl methyl sites for hydroxylation is 1. The Morgan fingerprint density at radius 3 is 2.32 bits per heavy atom. The molecule has 0 aliphatic heterocycles. The SMILES string of the molecule is COc1ccccc1C(=O)NCc1ccc(-c2nn(-c3ccc(C)cc3)c(N)c2C(N)=O)cc1. The van der Waals surface area contributed by atoms with Crippen LogP contribution in [0.25, 0.3) is 16.9 Å². The number of anilines is 1. The van der Waals surface area contributed by atoms with Gasteiger partial charge in [-0.15, -0.1) is 0 Å². The number of benzene rings is 3. The lowest BCUT2D eigenvalue weighted by Gasteiger charge is -2.09. The maximum atomic E-state index is 12.5. The lowest BCUT2D eigenvalue weighted by atomic mass is 10.0. The van der Waals surface area contributed by atoms with Crippen LogP contribution in [0.4, 0.5) is 5.82 Å². The van der Waals surface area contributed by atoms with Crippen LogP contribution in [-0.2, 0) is 6.54 Å². The molecule has 1 heterocycles. The van der Waals surface area contributed by atoms with Crippen molar-refractivity contribution in [2.75, 3.05) is 12.8 Å². The third-order valence-electron chi connectivity index (χ3n) is 5.48. The van der Waals surface area contributed by atoms with Crippen LogP contribution in [0.3, 0.4) is 0 Å². The Kier molecular flexibility index (Phi) is 6.31. The number of nitrogens with one attached hydrogen (secondary N) is 1. The highest BCUT2D eigenvalue weighted by Gasteiger charge is 2.22. The zero-order valence-electron chi connectivity index (χ0n) is 18.9. The van der Waals surface area contributed by atoms with Crippen molar-refractivity contribution in [3.05, 3.63) is 95.1 Å². The molecule has 0 fully saturated rings. The molecule has 4 aromatic rings. The van der Waals surface area contributed by atoms with E-state index in [0.717, 1.165) is 16.8 Å². The van der Waals surface area contributed by atoms with Crippen LogP contribution in [0.5, 0.6) is 5.75 Å². The second-order valence-corrected chi connectivity index (χ2v) is 7.80. The molecule has 0 aliphatic carbocycles. The predicted molar refractivity (Wildman–Crippen MR) is 131 cm³/mol. The first-order valence-corrected chi connectivity index (χ1v) is 10.6. The average Bonchev–Trinajstić information content (AvgIpc) is 3.20. The first-order chi connectivity index (χ1) is 16.4. The van der Waals surface area contributed by atoms with E-state index in [2.05, 4.69) is 10.4 Å². The number of primary amides is 1. The van der Waals surface area contributed by atoms with Crippen molar-refractivity contribution < 1.29 is 14.3 Å². The summed E-state index contributed by atoms with van der Waals surface area (Å²) in [6, 6.07) is 22.0. The first kappa shape index (κ1) is 22.6. The van der Waals surface area contributed by atoms with Crippen LogP contribution in [0.1, 0.15) is 31.8 Å². The number of methoxy groups -OCH3 is 1. The van der Waals surface area contributed by atoms with Gasteiger partial charge in [0.05, 0.1) is 18.4 Å². The van der Waals surface area contributed by atoms with Gasteiger partial charge < -0.3 is 21.5 Å². The van der Waals surface area contributed by atoms with Gasteiger partial charge in [-0.1, -0.05) is 54.1 Å². The number of rotatable bonds is 7. The van der Waals surface area contributed by atoms with Gasteiger partial charge in [-0.3, -0.25) is 9.59 Å². The van der Waals surface area contributed by atoms with Gasteiger partial charge in [-0.2, -0.15) is 5.10 Å². The second kappa shape index (κ2) is 9.50. The summed E-state index contributed by atoms with van der Waals surface area (Å²) in [5.74, 6) is -0.197. The number of hydrogen-bond acceptors (Lipinski definition) is 5. The minimum atomic E-state index is -0.654. The summed E-state index contributed by atoms with van der Waals surface area (Å²) in [7, 11) is 1.53. The van der Waals surface area contributed by atoms with E-state index in [-0.39, 0.29) is 17.3 Å². The fourth-order valence-electron chi connectivity index (χ4n) is 3.65. The quantitative estimate of drug-likeness (QED) is 0.393. The second-order valence-electron chi connectivity index (χ2n) is 7.80. The molecule has 8 heteroatoms. The molecule has 34 heavy (non-hydrogen) atoms. The molecule has 1 aromatic heterocycles. The Morgan fingerprint density at radius 2 is 1.68 bits per heavy atom. The fourth-order valence-corrected chi connectivity index (χ4v) is 3.65. The molecule has 5 N–H and O–H groups in total. The fraction of sp³-hybridized carbons (Fsp3) is 0.115. The molecule has 0 atom stereocenters. The number of nitrogens with two attached hydrogens (primary N) is 2. The van der Waals surface area contributed by atoms with Crippen molar-refractivity contribution in [2.24, 2.45) is 5.73 Å². The average molecular weight is 456 g/mol. The van der Waals surface area contributed by atoms with Gasteiger partial charge in [0.2, 0.25) is 0 Å². The summed E-state index contributed by atoms with van der Waals surface area (Å²) >= 11 is 0. The van der Waals surface area contributed by atoms with Crippen LogP contribution in [0.2, 0.25) is 0 Å². The number of amides is 2. The smallest absolute Gasteiger partial charge is 0.255 e. The molecule has 0 saturated heterocycles. The molecular formula is C26H25N5O3. The van der Waals surface area contributed by atoms with Gasteiger partial charge in [0.25, 0.3) is 11.8 Å². The Labute approximate surface area is 197 Å². The van der Waals surface area contributed by atoms with Gasteiger partial charge in [-0.25, -0.2) is 4.68 Å². The predicted octanol–water partition coefficient (Wildman–Crippen LogP) is 3.47. The van der Waals surface area contributed by atoms with Gasteiger partial charge in [0, 0.05) is 12.1 Å². The molecular weight excluding hydrogens is 430 g/mol. The Bertz CT molecular complexity index is 1340. The minimum absolute atomic E-state index is 0.165. The van der Waals surface area contributed by atoms with Gasteiger partial charge in [0.1, 0.15) is 22.8 Å². The number of aromatic nitrogens is 2. The lowest BCUT2D eigenvalue weighted by Crippen LogP contribution is -2.23. The van der Waals surface area contributed by atoms with Crippen molar-refractivity contribution in [2.45, 2.75) is 13.5 Å². The molecule has 0 radical (unpaired) electrons. The van der Waals surface area contributed by atoms with Crippen LogP contribution in [0.15, 0.2) is 72.8 Å². The van der Waals surface area contributed by atoms with Crippen molar-refractivity contribution >= 4 is 17.6 Å². The maximum absolute atomic E-state index is 12.5. The number of carbonyl (C=O) groups excluding carboxylic acids is 2. The number of para-hydroxylation sites is 1. The van der Waals surface area contributed by atoms with Gasteiger partial charge >= 0.3 is 0 Å². The highest BCUT2D eigenvalue weighted by atomic mass is 16.5. The van der Waals surface area contributed by atoms with Crippen LogP contribution < -0.4 is 21.5 Å². The number of carbonyl (C=O) groups is 2. The monoisotopic (exact) mass is 455 g/mol. The van der Waals surface area contributed by atoms with E-state index in [1.807, 2.05) is 61.5 Å². The molecule has 3 aromatic carbocycles. The Hall–Kier alpha value is -4.59. The Balaban J connectivity index is 1.57. The molecule has 0 saturated carbocycles. The van der Waals surface area contributed by atoms with Crippen molar-refractivity contribution in [1.29, 1.82) is 0 Å². The molecule has 172 valence electrons. The van der Waals surface area contributed by atoms with Crippen molar-refractivity contribution in [3.8, 4) is 22.7 Å². The molecule has 0 unspecified atom stereocenters. The van der Waals surface area contributed by atoms with Crippen LogP contribution in [-0.4, -0.2) is 28.7 Å². The summed E-state index contributed by atoms with van der Waals surface area (Å²) < 4.78 is 6.76. The van der Waals surface area contributed by atoms with Crippen LogP contribution in [0, 0.1) is 6.92 Å². The van der Waals surface area contributed by atoms with E-state index >= 15 is 0 Å². The zero-order chi connectivity index (χ0) is 24.2. The van der Waals surface area contributed by atoms with E-state index in [1.165, 1.54) is 11.8 Å². The molecule has 8 nitrogen and oxygen atoms in total. The normalized spacial score (nSPS) is 10.6. The van der Waals surface area contributed by atoms with E-state index in [0.29, 0.717) is 29.1 Å². The molecule has 0 aliphatic rings. The minimum Gasteiger partial charge on any atom is -0.496 e. The zero-order valence-corrected chi connectivity index (χ0v) is 18.9. The van der Waals surface area contributed by atoms with E-state index in [9.17, 15) is 9.59 Å². The lowest BCUT2D eigenvalue weighted by molar-refractivity contribution is 0.0946. The first-order valence-electron chi connectivity index (χ1n) is 10.6. The molecule has 0 bridgehead atoms. The number of nitrogen functional groups attached to an aromatic ring is 1. The molecule has 4 rings (SSSR count). The standard InChI is InChI=1S/C26H25N5O3/c1-16-7-13-19(14-8-16)31-24(27)22(25(28)32)23(30-31)18-11-9-17(10-12-18)15-29-26(33)20-5-3-4-6-21(20)34-2/h3-14H,15,27H2,1-2H3,(H2,28,32)(H,29,33). The molecule has 0 spiro atoms. The number of hydrogen-bond donors (Lipinski definition) is 3. The van der Waals surface area contributed by atoms with Crippen molar-refractivity contribution in [3.63, 3.8) is 0 Å². The number of nitrogens with zero attached hydrogens (tertiary/aromatic N) is 2. The van der Waals surface area contributed by atoms with E-state index < -0.39 is 5.91 Å². The maximum Gasteiger partial charge on any atom is 0.255 e. The third kappa shape index (κ3) is 4.47. The summed E-state index contributed by atoms with van der Waals surface area (Å²) in [4.78, 5) is 24.7. The van der Waals surface area contributed by atoms with E-state index in [1.54, 1.807) is 18.2 Å². The Morgan fingerprint density at radius 1 is 1.00 bits per heavy atom. The summed E-state index contributed by atoms with van der Waals surface area (Å²) in [5.41, 5.74) is 16.3.